The van der Waals surface area contributed by atoms with E-state index in [1.54, 1.807) is 6.92 Å². The van der Waals surface area contributed by atoms with Crippen LogP contribution in [0.3, 0.4) is 0 Å². The fourth-order valence-electron chi connectivity index (χ4n) is 2.51. The normalized spacial score (nSPS) is 27.5. The summed E-state index contributed by atoms with van der Waals surface area (Å²) in [7, 11) is -3.31. The Morgan fingerprint density at radius 3 is 2.62 bits per heavy atom. The first-order valence-corrected chi connectivity index (χ1v) is 8.61. The maximum atomic E-state index is 12.0. The van der Waals surface area contributed by atoms with Crippen LogP contribution in [0.1, 0.15) is 13.2 Å². The second-order valence-electron chi connectivity index (χ2n) is 4.99. The van der Waals surface area contributed by atoms with Crippen molar-refractivity contribution in [2.75, 3.05) is 20.3 Å². The molecular weight excluding hydrogens is 347 g/mol. The molecule has 2 heterocycles. The summed E-state index contributed by atoms with van der Waals surface area (Å²) in [5, 5.41) is 0. The van der Waals surface area contributed by atoms with Crippen LogP contribution in [-0.2, 0) is 23.3 Å². The molecule has 1 aromatic rings. The molecule has 3 N–H and O–H groups in total. The van der Waals surface area contributed by atoms with Crippen molar-refractivity contribution in [2.24, 2.45) is 0 Å². The molecule has 0 saturated carbocycles. The van der Waals surface area contributed by atoms with Gasteiger partial charge in [-0.2, -0.15) is 0 Å². The van der Waals surface area contributed by atoms with Gasteiger partial charge in [0, 0.05) is 26.0 Å². The first kappa shape index (κ1) is 19.0. The van der Waals surface area contributed by atoms with E-state index in [0.29, 0.717) is 0 Å². The van der Waals surface area contributed by atoms with Gasteiger partial charge in [-0.1, -0.05) is 0 Å². The highest BCUT2D eigenvalue weighted by Gasteiger charge is 2.47. The average molecular weight is 366 g/mol. The molecule has 0 spiro atoms. The maximum Gasteiger partial charge on any atom is 0.469 e. The van der Waals surface area contributed by atoms with Gasteiger partial charge >= 0.3 is 13.5 Å². The zero-order valence-corrected chi connectivity index (χ0v) is 13.9. The summed E-state index contributed by atoms with van der Waals surface area (Å²) in [6.07, 6.45) is -2.07. The first-order chi connectivity index (χ1) is 11.3. The maximum absolute atomic E-state index is 12.0. The number of nitrogens with zero attached hydrogens (tertiary/aromatic N) is 1. The summed E-state index contributed by atoms with van der Waals surface area (Å²) in [5.41, 5.74) is -1.27. The number of hydrogen-bond acceptors (Lipinski definition) is 7. The summed E-state index contributed by atoms with van der Waals surface area (Å²) in [5.74, 6) is 0. The number of H-pyrrole nitrogens is 1. The second-order valence-corrected chi connectivity index (χ2v) is 6.23. The van der Waals surface area contributed by atoms with E-state index in [1.165, 1.54) is 13.3 Å². The van der Waals surface area contributed by atoms with Crippen molar-refractivity contribution in [3.63, 3.8) is 0 Å². The highest BCUT2D eigenvalue weighted by atomic mass is 31.2. The van der Waals surface area contributed by atoms with E-state index in [1.807, 2.05) is 0 Å². The fraction of sp³-hybridized carbons (Fsp3) is 0.667. The SMILES string of the molecule is CCOC1C(COP(=O)(O)O)OC(n2ccc(=O)[nH]c2=O)C1OC. The fourth-order valence-corrected chi connectivity index (χ4v) is 2.85. The van der Waals surface area contributed by atoms with E-state index in [0.717, 1.165) is 10.6 Å². The number of nitrogens with one attached hydrogen (secondary N) is 1. The zero-order chi connectivity index (χ0) is 17.9. The lowest BCUT2D eigenvalue weighted by molar-refractivity contribution is -0.0620. The molecular formula is C12H19N2O9P. The first-order valence-electron chi connectivity index (χ1n) is 7.08. The van der Waals surface area contributed by atoms with Gasteiger partial charge in [-0.05, 0) is 6.92 Å². The molecule has 24 heavy (non-hydrogen) atoms. The molecule has 12 heteroatoms. The molecule has 4 atom stereocenters. The molecule has 1 aromatic heterocycles. The highest BCUT2D eigenvalue weighted by molar-refractivity contribution is 7.46. The molecule has 4 unspecified atom stereocenters. The molecule has 0 amide bonds. The number of phosphoric acid groups is 1. The van der Waals surface area contributed by atoms with Gasteiger partial charge in [-0.3, -0.25) is 18.9 Å². The van der Waals surface area contributed by atoms with Crippen LogP contribution >= 0.6 is 7.82 Å². The number of ether oxygens (including phenoxy) is 3. The van der Waals surface area contributed by atoms with Crippen molar-refractivity contribution >= 4 is 7.82 Å². The van der Waals surface area contributed by atoms with Crippen LogP contribution in [0.5, 0.6) is 0 Å². The number of methoxy groups -OCH3 is 1. The minimum Gasteiger partial charge on any atom is -0.374 e. The summed E-state index contributed by atoms with van der Waals surface area (Å²) >= 11 is 0. The number of phosphoric ester groups is 1. The molecule has 1 aliphatic heterocycles. The molecule has 0 radical (unpaired) electrons. The summed E-state index contributed by atoms with van der Waals surface area (Å²) in [6, 6.07) is 1.15. The number of aromatic amines is 1. The molecule has 1 aliphatic rings. The van der Waals surface area contributed by atoms with E-state index in [4.69, 9.17) is 24.0 Å². The Bertz CT molecular complexity index is 711. The Balaban J connectivity index is 2.29. The van der Waals surface area contributed by atoms with Crippen molar-refractivity contribution < 1.29 is 33.1 Å². The standard InChI is InChI=1S/C12H19N2O9P/c1-3-21-9-7(6-22-24(17,18)19)23-11(10(9)20-2)14-5-4-8(15)13-12(14)16/h4-5,7,9-11H,3,6H2,1-2H3,(H,13,15,16)(H2,17,18,19). The molecule has 1 fully saturated rings. The Labute approximate surface area is 136 Å². The number of rotatable bonds is 7. The Morgan fingerprint density at radius 1 is 1.38 bits per heavy atom. The Morgan fingerprint density at radius 2 is 2.08 bits per heavy atom. The molecule has 2 rings (SSSR count). The quantitative estimate of drug-likeness (QED) is 0.514. The van der Waals surface area contributed by atoms with Gasteiger partial charge in [-0.15, -0.1) is 0 Å². The molecule has 0 aliphatic carbocycles. The highest BCUT2D eigenvalue weighted by Crippen LogP contribution is 2.39. The summed E-state index contributed by atoms with van der Waals surface area (Å²) in [4.78, 5) is 42.9. The zero-order valence-electron chi connectivity index (χ0n) is 13.0. The number of hydrogen-bond donors (Lipinski definition) is 3. The lowest BCUT2D eigenvalue weighted by Gasteiger charge is -2.23. The van der Waals surface area contributed by atoms with Crippen LogP contribution in [0.4, 0.5) is 0 Å². The Hall–Kier alpha value is -1.33. The predicted octanol–water partition coefficient (Wildman–Crippen LogP) is -1.04. The van der Waals surface area contributed by atoms with E-state index in [2.05, 4.69) is 9.51 Å². The molecule has 136 valence electrons. The summed E-state index contributed by atoms with van der Waals surface area (Å²) < 4.78 is 33.0. The van der Waals surface area contributed by atoms with E-state index in [9.17, 15) is 14.2 Å². The smallest absolute Gasteiger partial charge is 0.374 e. The van der Waals surface area contributed by atoms with Crippen LogP contribution in [0, 0.1) is 0 Å². The van der Waals surface area contributed by atoms with Crippen molar-refractivity contribution in [3.8, 4) is 0 Å². The average Bonchev–Trinajstić information content (AvgIpc) is 2.82. The van der Waals surface area contributed by atoms with Crippen LogP contribution in [0.15, 0.2) is 21.9 Å². The predicted molar refractivity (Wildman–Crippen MR) is 79.4 cm³/mol. The Kier molecular flexibility index (Phi) is 6.10. The monoisotopic (exact) mass is 366 g/mol. The third-order valence-corrected chi connectivity index (χ3v) is 3.93. The van der Waals surface area contributed by atoms with Crippen molar-refractivity contribution in [1.82, 2.24) is 9.55 Å². The van der Waals surface area contributed by atoms with Crippen LogP contribution in [0.25, 0.3) is 0 Å². The third-order valence-electron chi connectivity index (χ3n) is 3.45. The van der Waals surface area contributed by atoms with Gasteiger partial charge < -0.3 is 24.0 Å². The number of aromatic nitrogens is 2. The summed E-state index contributed by atoms with van der Waals surface area (Å²) in [6.45, 7) is 1.56. The van der Waals surface area contributed by atoms with Crippen molar-refractivity contribution in [3.05, 3.63) is 33.1 Å². The molecule has 0 bridgehead atoms. The largest absolute Gasteiger partial charge is 0.469 e. The topological polar surface area (TPSA) is 149 Å². The van der Waals surface area contributed by atoms with Gasteiger partial charge in [0.1, 0.15) is 18.3 Å². The van der Waals surface area contributed by atoms with Gasteiger partial charge in [0.05, 0.1) is 6.61 Å². The van der Waals surface area contributed by atoms with Crippen molar-refractivity contribution in [1.29, 1.82) is 0 Å². The molecule has 11 nitrogen and oxygen atoms in total. The van der Waals surface area contributed by atoms with Crippen molar-refractivity contribution in [2.45, 2.75) is 31.5 Å². The third kappa shape index (κ3) is 4.39. The van der Waals surface area contributed by atoms with Crippen LogP contribution in [-0.4, -0.2) is 58.0 Å². The minimum absolute atomic E-state index is 0.285. The lowest BCUT2D eigenvalue weighted by Crippen LogP contribution is -2.40. The minimum atomic E-state index is -4.69. The lowest BCUT2D eigenvalue weighted by atomic mass is 10.1. The van der Waals surface area contributed by atoms with Crippen LogP contribution < -0.4 is 11.2 Å². The second kappa shape index (κ2) is 7.70. The van der Waals surface area contributed by atoms with Gasteiger partial charge in [0.2, 0.25) is 0 Å². The van der Waals surface area contributed by atoms with E-state index in [-0.39, 0.29) is 6.61 Å². The van der Waals surface area contributed by atoms with Crippen LogP contribution in [0.2, 0.25) is 0 Å². The van der Waals surface area contributed by atoms with Gasteiger partial charge in [0.25, 0.3) is 5.56 Å². The van der Waals surface area contributed by atoms with E-state index >= 15 is 0 Å². The molecule has 1 saturated heterocycles. The van der Waals surface area contributed by atoms with Gasteiger partial charge in [0.15, 0.2) is 6.23 Å². The van der Waals surface area contributed by atoms with E-state index < -0.39 is 50.2 Å². The van der Waals surface area contributed by atoms with Gasteiger partial charge in [-0.25, -0.2) is 9.36 Å². The molecule has 0 aromatic carbocycles.